The van der Waals surface area contributed by atoms with Gasteiger partial charge in [0.2, 0.25) is 0 Å². The second-order valence-electron chi connectivity index (χ2n) is 6.17. The van der Waals surface area contributed by atoms with Crippen LogP contribution in [0.1, 0.15) is 24.8 Å². The third-order valence-corrected chi connectivity index (χ3v) is 5.59. The zero-order chi connectivity index (χ0) is 19.2. The van der Waals surface area contributed by atoms with Crippen LogP contribution in [-0.2, 0) is 9.59 Å². The van der Waals surface area contributed by atoms with Crippen LogP contribution in [0.2, 0.25) is 0 Å². The predicted octanol–water partition coefficient (Wildman–Crippen LogP) is 4.81. The zero-order valence-corrected chi connectivity index (χ0v) is 16.3. The summed E-state index contributed by atoms with van der Waals surface area (Å²) in [7, 11) is 0. The van der Waals surface area contributed by atoms with E-state index < -0.39 is 5.97 Å². The molecule has 0 radical (unpaired) electrons. The minimum atomic E-state index is -0.820. The molecule has 2 aromatic carbocycles. The van der Waals surface area contributed by atoms with Crippen molar-refractivity contribution in [3.8, 4) is 11.1 Å². The van der Waals surface area contributed by atoms with Crippen molar-refractivity contribution in [2.24, 2.45) is 0 Å². The highest BCUT2D eigenvalue weighted by atomic mass is 32.2. The number of rotatable bonds is 7. The molecule has 138 valence electrons. The van der Waals surface area contributed by atoms with Crippen LogP contribution in [0.15, 0.2) is 59.5 Å². The lowest BCUT2D eigenvalue weighted by Gasteiger charge is -2.13. The first-order chi connectivity index (χ1) is 13.0. The molecule has 1 saturated heterocycles. The van der Waals surface area contributed by atoms with Crippen LogP contribution in [0.25, 0.3) is 17.2 Å². The smallest absolute Gasteiger partial charge is 0.303 e. The maximum Gasteiger partial charge on any atom is 0.303 e. The second-order valence-corrected chi connectivity index (χ2v) is 7.85. The van der Waals surface area contributed by atoms with Crippen LogP contribution in [0.3, 0.4) is 0 Å². The summed E-state index contributed by atoms with van der Waals surface area (Å²) in [5.74, 6) is -0.924. The molecule has 0 aromatic heterocycles. The van der Waals surface area contributed by atoms with Gasteiger partial charge in [0, 0.05) is 13.0 Å². The number of hydrogen-bond acceptors (Lipinski definition) is 4. The number of hydrogen-bond donors (Lipinski definition) is 1. The van der Waals surface area contributed by atoms with Crippen LogP contribution >= 0.6 is 24.0 Å². The van der Waals surface area contributed by atoms with E-state index in [-0.39, 0.29) is 12.3 Å². The largest absolute Gasteiger partial charge is 0.481 e. The van der Waals surface area contributed by atoms with Crippen molar-refractivity contribution in [3.05, 3.63) is 65.1 Å². The Hall–Kier alpha value is -2.44. The lowest BCUT2D eigenvalue weighted by Crippen LogP contribution is -2.29. The number of amides is 1. The fourth-order valence-corrected chi connectivity index (χ4v) is 4.10. The Labute approximate surface area is 167 Å². The summed E-state index contributed by atoms with van der Waals surface area (Å²) in [4.78, 5) is 25.3. The molecule has 0 aliphatic carbocycles. The lowest BCUT2D eigenvalue weighted by atomic mass is 10.0. The molecule has 0 spiro atoms. The third-order valence-electron chi connectivity index (χ3n) is 4.21. The van der Waals surface area contributed by atoms with E-state index in [4.69, 9.17) is 17.3 Å². The summed E-state index contributed by atoms with van der Waals surface area (Å²) in [5, 5.41) is 8.69. The number of thiocarbonyl (C=S) groups is 1. The summed E-state index contributed by atoms with van der Waals surface area (Å²) in [6, 6.07) is 18.2. The average molecular weight is 398 g/mol. The molecular weight excluding hydrogens is 378 g/mol. The Morgan fingerprint density at radius 3 is 2.37 bits per heavy atom. The van der Waals surface area contributed by atoms with E-state index in [0.717, 1.165) is 16.7 Å². The molecular formula is C21H19NO3S2. The highest BCUT2D eigenvalue weighted by molar-refractivity contribution is 8.26. The van der Waals surface area contributed by atoms with Gasteiger partial charge in [0.25, 0.3) is 5.91 Å². The first-order valence-electron chi connectivity index (χ1n) is 8.67. The van der Waals surface area contributed by atoms with Crippen molar-refractivity contribution in [2.45, 2.75) is 19.3 Å². The number of thioether (sulfide) groups is 1. The summed E-state index contributed by atoms with van der Waals surface area (Å²) in [6.45, 7) is 0.461. The van der Waals surface area contributed by atoms with Crippen molar-refractivity contribution in [1.29, 1.82) is 0 Å². The van der Waals surface area contributed by atoms with E-state index >= 15 is 0 Å². The van der Waals surface area contributed by atoms with Crippen molar-refractivity contribution >= 4 is 46.3 Å². The van der Waals surface area contributed by atoms with Gasteiger partial charge in [0.15, 0.2) is 0 Å². The Balaban J connectivity index is 1.65. The fourth-order valence-electron chi connectivity index (χ4n) is 2.79. The molecule has 1 aliphatic rings. The van der Waals surface area contributed by atoms with Crippen molar-refractivity contribution in [2.75, 3.05) is 6.54 Å². The number of benzene rings is 2. The summed E-state index contributed by atoms with van der Waals surface area (Å²) >= 11 is 6.60. The molecule has 0 saturated carbocycles. The normalized spacial score (nSPS) is 15.6. The van der Waals surface area contributed by atoms with Gasteiger partial charge in [0.1, 0.15) is 4.32 Å². The van der Waals surface area contributed by atoms with E-state index in [1.54, 1.807) is 4.90 Å². The molecule has 0 bridgehead atoms. The number of carboxylic acid groups (broad SMARTS) is 1. The van der Waals surface area contributed by atoms with Gasteiger partial charge in [-0.2, -0.15) is 0 Å². The average Bonchev–Trinajstić information content (AvgIpc) is 2.93. The monoisotopic (exact) mass is 397 g/mol. The number of carbonyl (C=O) groups is 2. The first-order valence-corrected chi connectivity index (χ1v) is 9.90. The van der Waals surface area contributed by atoms with Gasteiger partial charge in [-0.1, -0.05) is 78.6 Å². The number of unbranched alkanes of at least 4 members (excludes halogenated alkanes) is 1. The molecule has 4 nitrogen and oxygen atoms in total. The highest BCUT2D eigenvalue weighted by Crippen LogP contribution is 2.33. The number of nitrogens with zero attached hydrogens (tertiary/aromatic N) is 1. The molecule has 0 atom stereocenters. The number of carbonyl (C=O) groups excluding carboxylic acids is 1. The lowest BCUT2D eigenvalue weighted by molar-refractivity contribution is -0.137. The molecule has 1 N–H and O–H groups in total. The Bertz CT molecular complexity index is 876. The maximum absolute atomic E-state index is 12.6. The van der Waals surface area contributed by atoms with Crippen LogP contribution < -0.4 is 0 Å². The van der Waals surface area contributed by atoms with E-state index in [1.165, 1.54) is 11.8 Å². The van der Waals surface area contributed by atoms with Crippen LogP contribution in [0.4, 0.5) is 0 Å². The third kappa shape index (κ3) is 5.05. The predicted molar refractivity (Wildman–Crippen MR) is 113 cm³/mol. The highest BCUT2D eigenvalue weighted by Gasteiger charge is 2.31. The molecule has 27 heavy (non-hydrogen) atoms. The summed E-state index contributed by atoms with van der Waals surface area (Å²) < 4.78 is 0.530. The second kappa shape index (κ2) is 8.97. The molecule has 1 fully saturated rings. The van der Waals surface area contributed by atoms with Crippen molar-refractivity contribution < 1.29 is 14.7 Å². The van der Waals surface area contributed by atoms with E-state index in [1.807, 2.05) is 48.5 Å². The van der Waals surface area contributed by atoms with Gasteiger partial charge < -0.3 is 5.11 Å². The molecule has 0 unspecified atom stereocenters. The minimum absolute atomic E-state index is 0.104. The van der Waals surface area contributed by atoms with Crippen LogP contribution in [0.5, 0.6) is 0 Å². The maximum atomic E-state index is 12.6. The van der Waals surface area contributed by atoms with Crippen molar-refractivity contribution in [3.63, 3.8) is 0 Å². The number of carboxylic acids is 1. The van der Waals surface area contributed by atoms with Gasteiger partial charge in [-0.3, -0.25) is 14.5 Å². The zero-order valence-electron chi connectivity index (χ0n) is 14.6. The van der Waals surface area contributed by atoms with Gasteiger partial charge in [-0.15, -0.1) is 0 Å². The van der Waals surface area contributed by atoms with Crippen LogP contribution in [-0.4, -0.2) is 32.7 Å². The summed E-state index contributed by atoms with van der Waals surface area (Å²) in [5.41, 5.74) is 3.22. The summed E-state index contributed by atoms with van der Waals surface area (Å²) in [6.07, 6.45) is 3.12. The fraction of sp³-hybridized carbons (Fsp3) is 0.190. The standard InChI is InChI=1S/C21H19NO3S2/c23-19(24)8-4-5-13-22-20(25)18(27-21(22)26)14-15-9-11-17(12-10-15)16-6-2-1-3-7-16/h1-3,6-7,9-12,14H,4-5,8,13H2,(H,23,24)/b18-14+. The SMILES string of the molecule is O=C(O)CCCCN1C(=O)/C(=C\c2ccc(-c3ccccc3)cc2)SC1=S. The number of aliphatic carboxylic acids is 1. The van der Waals surface area contributed by atoms with E-state index in [0.29, 0.717) is 28.6 Å². The minimum Gasteiger partial charge on any atom is -0.481 e. The van der Waals surface area contributed by atoms with Gasteiger partial charge in [-0.25, -0.2) is 0 Å². The topological polar surface area (TPSA) is 57.6 Å². The van der Waals surface area contributed by atoms with Gasteiger partial charge in [0.05, 0.1) is 4.91 Å². The molecule has 2 aromatic rings. The van der Waals surface area contributed by atoms with Gasteiger partial charge in [-0.05, 0) is 35.6 Å². The Morgan fingerprint density at radius 1 is 1.04 bits per heavy atom. The van der Waals surface area contributed by atoms with Crippen LogP contribution in [0, 0.1) is 0 Å². The molecule has 1 amide bonds. The first kappa shape index (κ1) is 19.3. The quantitative estimate of drug-likeness (QED) is 0.413. The molecule has 1 aliphatic heterocycles. The molecule has 1 heterocycles. The molecule has 6 heteroatoms. The Kier molecular flexibility index (Phi) is 6.42. The van der Waals surface area contributed by atoms with E-state index in [2.05, 4.69) is 12.1 Å². The Morgan fingerprint density at radius 2 is 1.70 bits per heavy atom. The van der Waals surface area contributed by atoms with Crippen molar-refractivity contribution in [1.82, 2.24) is 4.90 Å². The molecule has 3 rings (SSSR count). The van der Waals surface area contributed by atoms with E-state index in [9.17, 15) is 9.59 Å². The van der Waals surface area contributed by atoms with Gasteiger partial charge >= 0.3 is 5.97 Å².